The fourth-order valence-electron chi connectivity index (χ4n) is 4.83. The van der Waals surface area contributed by atoms with Crippen LogP contribution in [-0.2, 0) is 11.3 Å². The lowest BCUT2D eigenvalue weighted by Gasteiger charge is -2.35. The number of nitrogens with one attached hydrogen (secondary N) is 3. The third kappa shape index (κ3) is 10.1. The van der Waals surface area contributed by atoms with Gasteiger partial charge < -0.3 is 30.5 Å². The van der Waals surface area contributed by atoms with Gasteiger partial charge in [0.25, 0.3) is 5.91 Å². The van der Waals surface area contributed by atoms with Gasteiger partial charge in [-0.05, 0) is 77.2 Å². The number of likely N-dealkylation sites (N-methyl/N-ethyl adjacent to an activating group) is 1. The van der Waals surface area contributed by atoms with Crippen molar-refractivity contribution in [3.63, 3.8) is 0 Å². The molecule has 1 aliphatic heterocycles. The Bertz CT molecular complexity index is 1410. The second-order valence-corrected chi connectivity index (χ2v) is 12.3. The summed E-state index contributed by atoms with van der Waals surface area (Å²) in [5.74, 6) is 0.925. The molecule has 2 aromatic carbocycles. The fourth-order valence-corrected chi connectivity index (χ4v) is 4.83. The number of hydrogen-bond donors (Lipinski definition) is 3. The number of para-hydroxylation sites is 2. The van der Waals surface area contributed by atoms with E-state index in [0.717, 1.165) is 56.3 Å². The summed E-state index contributed by atoms with van der Waals surface area (Å²) in [6, 6.07) is 19.4. The standard InChI is InChI=1S/C35H47N7O2/c1-26-12-15-30(16-13-26)37-27(2)42(23-22-41-20-18-40(7)19-21-41)25-29-14-17-33(36-24-29)34(43)39-32-11-9-8-10-31(32)38-28(3)44-35(4,5)6/h8-17,24,37-38H,2-3,18-23,25H2,1,4-7H3,(H,39,43). The maximum Gasteiger partial charge on any atom is 0.274 e. The minimum Gasteiger partial charge on any atom is -0.474 e. The van der Waals surface area contributed by atoms with Crippen LogP contribution in [0.15, 0.2) is 91.7 Å². The van der Waals surface area contributed by atoms with Crippen LogP contribution in [0.1, 0.15) is 42.4 Å². The molecular formula is C35H47N7O2. The number of carbonyl (C=O) groups is 1. The fraction of sp³-hybridized carbons (Fsp3) is 0.371. The topological polar surface area (TPSA) is 85.0 Å². The monoisotopic (exact) mass is 597 g/mol. The zero-order valence-electron chi connectivity index (χ0n) is 26.8. The zero-order chi connectivity index (χ0) is 31.7. The van der Waals surface area contributed by atoms with E-state index in [2.05, 4.69) is 87.0 Å². The summed E-state index contributed by atoms with van der Waals surface area (Å²) in [5.41, 5.74) is 4.43. The number of hydrogen-bond acceptors (Lipinski definition) is 8. The van der Waals surface area contributed by atoms with Crippen LogP contribution >= 0.6 is 0 Å². The molecule has 0 aliphatic carbocycles. The molecular weight excluding hydrogens is 550 g/mol. The van der Waals surface area contributed by atoms with Crippen molar-refractivity contribution in [1.29, 1.82) is 0 Å². The van der Waals surface area contributed by atoms with Crippen molar-refractivity contribution in [1.82, 2.24) is 19.7 Å². The van der Waals surface area contributed by atoms with Crippen molar-refractivity contribution in [3.8, 4) is 0 Å². The second-order valence-electron chi connectivity index (χ2n) is 12.3. The number of carbonyl (C=O) groups excluding carboxylic acids is 1. The summed E-state index contributed by atoms with van der Waals surface area (Å²) >= 11 is 0. The summed E-state index contributed by atoms with van der Waals surface area (Å²) in [7, 11) is 2.17. The predicted molar refractivity (Wildman–Crippen MR) is 181 cm³/mol. The van der Waals surface area contributed by atoms with Crippen LogP contribution in [0.5, 0.6) is 0 Å². The van der Waals surface area contributed by atoms with E-state index >= 15 is 0 Å². The van der Waals surface area contributed by atoms with E-state index in [0.29, 0.717) is 29.5 Å². The first-order valence-electron chi connectivity index (χ1n) is 15.1. The van der Waals surface area contributed by atoms with Gasteiger partial charge in [0.05, 0.1) is 17.2 Å². The van der Waals surface area contributed by atoms with Crippen LogP contribution < -0.4 is 16.0 Å². The maximum absolute atomic E-state index is 13.2. The van der Waals surface area contributed by atoms with Gasteiger partial charge in [0.1, 0.15) is 11.3 Å². The van der Waals surface area contributed by atoms with E-state index in [1.165, 1.54) is 5.56 Å². The van der Waals surface area contributed by atoms with Crippen molar-refractivity contribution in [2.24, 2.45) is 0 Å². The van der Waals surface area contributed by atoms with E-state index in [1.807, 2.05) is 51.1 Å². The van der Waals surface area contributed by atoms with Crippen molar-refractivity contribution in [2.45, 2.75) is 39.8 Å². The van der Waals surface area contributed by atoms with Crippen LogP contribution in [-0.4, -0.2) is 77.5 Å². The molecule has 0 bridgehead atoms. The first kappa shape index (κ1) is 32.6. The molecule has 1 amide bonds. The molecule has 9 nitrogen and oxygen atoms in total. The molecule has 234 valence electrons. The Morgan fingerprint density at radius 3 is 2.20 bits per heavy atom. The van der Waals surface area contributed by atoms with Gasteiger partial charge in [0, 0.05) is 57.7 Å². The number of nitrogens with zero attached hydrogens (tertiary/aromatic N) is 4. The summed E-state index contributed by atoms with van der Waals surface area (Å²) in [5, 5.41) is 9.58. The van der Waals surface area contributed by atoms with E-state index < -0.39 is 5.60 Å². The Morgan fingerprint density at radius 2 is 1.59 bits per heavy atom. The van der Waals surface area contributed by atoms with E-state index in [1.54, 1.807) is 12.3 Å². The first-order chi connectivity index (χ1) is 20.9. The molecule has 4 rings (SSSR count). The number of rotatable bonds is 13. The Hall–Kier alpha value is -4.34. The molecule has 3 aromatic rings. The summed E-state index contributed by atoms with van der Waals surface area (Å²) < 4.78 is 5.79. The number of anilines is 3. The average molecular weight is 598 g/mol. The zero-order valence-corrected chi connectivity index (χ0v) is 26.8. The Balaban J connectivity index is 1.41. The van der Waals surface area contributed by atoms with Gasteiger partial charge in [-0.3, -0.25) is 14.7 Å². The Morgan fingerprint density at radius 1 is 0.932 bits per heavy atom. The highest BCUT2D eigenvalue weighted by molar-refractivity contribution is 6.04. The Kier molecular flexibility index (Phi) is 11.0. The first-order valence-corrected chi connectivity index (χ1v) is 15.1. The van der Waals surface area contributed by atoms with Gasteiger partial charge >= 0.3 is 0 Å². The van der Waals surface area contributed by atoms with E-state index in [-0.39, 0.29) is 5.91 Å². The highest BCUT2D eigenvalue weighted by atomic mass is 16.5. The molecule has 0 spiro atoms. The molecule has 9 heteroatoms. The Labute approximate surface area is 262 Å². The summed E-state index contributed by atoms with van der Waals surface area (Å²) in [6.45, 7) is 22.9. The van der Waals surface area contributed by atoms with E-state index in [9.17, 15) is 4.79 Å². The van der Waals surface area contributed by atoms with Crippen LogP contribution in [0.4, 0.5) is 17.1 Å². The van der Waals surface area contributed by atoms with Gasteiger partial charge in [-0.15, -0.1) is 0 Å². The molecule has 0 saturated carbocycles. The number of pyridine rings is 1. The highest BCUT2D eigenvalue weighted by Crippen LogP contribution is 2.25. The molecule has 2 heterocycles. The second kappa shape index (κ2) is 14.9. The third-order valence-corrected chi connectivity index (χ3v) is 7.31. The number of amides is 1. The molecule has 0 unspecified atom stereocenters. The lowest BCUT2D eigenvalue weighted by atomic mass is 10.2. The van der Waals surface area contributed by atoms with Crippen LogP contribution in [0.2, 0.25) is 0 Å². The average Bonchev–Trinajstić information content (AvgIpc) is 2.97. The minimum atomic E-state index is -0.392. The molecule has 1 aliphatic rings. The largest absolute Gasteiger partial charge is 0.474 e. The number of aryl methyl sites for hydroxylation is 1. The van der Waals surface area contributed by atoms with Crippen molar-refractivity contribution >= 4 is 23.0 Å². The van der Waals surface area contributed by atoms with Gasteiger partial charge in [-0.25, -0.2) is 0 Å². The SMILES string of the molecule is C=C(Nc1ccccc1NC(=O)c1ccc(CN(CCN2CCN(C)CC2)C(=C)Nc2ccc(C)cc2)cn1)OC(C)(C)C. The quantitative estimate of drug-likeness (QED) is 0.208. The molecule has 3 N–H and O–H groups in total. The molecule has 1 fully saturated rings. The van der Waals surface area contributed by atoms with Crippen LogP contribution in [0.25, 0.3) is 0 Å². The molecule has 1 saturated heterocycles. The molecule has 44 heavy (non-hydrogen) atoms. The van der Waals surface area contributed by atoms with Crippen molar-refractivity contribution in [2.75, 3.05) is 62.3 Å². The number of ether oxygens (including phenoxy) is 1. The number of benzene rings is 2. The summed E-state index contributed by atoms with van der Waals surface area (Å²) in [4.78, 5) is 24.8. The predicted octanol–water partition coefficient (Wildman–Crippen LogP) is 5.97. The molecule has 1 aromatic heterocycles. The molecule has 0 atom stereocenters. The summed E-state index contributed by atoms with van der Waals surface area (Å²) in [6.07, 6.45) is 1.76. The smallest absolute Gasteiger partial charge is 0.274 e. The van der Waals surface area contributed by atoms with Crippen LogP contribution in [0.3, 0.4) is 0 Å². The van der Waals surface area contributed by atoms with Crippen LogP contribution in [0, 0.1) is 6.92 Å². The lowest BCUT2D eigenvalue weighted by molar-refractivity contribution is 0.0565. The normalized spacial score (nSPS) is 14.0. The van der Waals surface area contributed by atoms with Crippen molar-refractivity contribution < 1.29 is 9.53 Å². The van der Waals surface area contributed by atoms with Gasteiger partial charge in [0.2, 0.25) is 0 Å². The third-order valence-electron chi connectivity index (χ3n) is 7.31. The number of piperazine rings is 1. The van der Waals surface area contributed by atoms with Gasteiger partial charge in [-0.2, -0.15) is 0 Å². The number of aromatic nitrogens is 1. The highest BCUT2D eigenvalue weighted by Gasteiger charge is 2.18. The van der Waals surface area contributed by atoms with Gasteiger partial charge in [0.15, 0.2) is 5.88 Å². The van der Waals surface area contributed by atoms with Gasteiger partial charge in [-0.1, -0.05) is 42.5 Å². The molecule has 0 radical (unpaired) electrons. The maximum atomic E-state index is 13.2. The van der Waals surface area contributed by atoms with E-state index in [4.69, 9.17) is 4.74 Å². The van der Waals surface area contributed by atoms with Crippen molar-refractivity contribution in [3.05, 3.63) is 109 Å². The minimum absolute atomic E-state index is 0.300. The lowest BCUT2D eigenvalue weighted by Crippen LogP contribution is -2.47.